The summed E-state index contributed by atoms with van der Waals surface area (Å²) in [4.78, 5) is 12.5. The Kier molecular flexibility index (Phi) is 4.69. The standard InChI is InChI=1S/C17H16FN5O2/c1-2-11-7-14(15(24)8-16(25)17-19-21-22-20-17)23(9-11)10-12-4-3-5-13(18)6-12/h3-9,25H,2,10H2,1H3,(H,19,20,21,22). The lowest BCUT2D eigenvalue weighted by Crippen LogP contribution is -2.08. The molecule has 8 heteroatoms. The Morgan fingerprint density at radius 1 is 1.36 bits per heavy atom. The van der Waals surface area contributed by atoms with Crippen molar-refractivity contribution in [3.8, 4) is 0 Å². The predicted octanol–water partition coefficient (Wildman–Crippen LogP) is 2.53. The molecule has 1 aromatic carbocycles. The number of H-pyrrole nitrogens is 1. The van der Waals surface area contributed by atoms with Crippen LogP contribution in [-0.2, 0) is 13.0 Å². The summed E-state index contributed by atoms with van der Waals surface area (Å²) in [6.07, 6.45) is 3.63. The first kappa shape index (κ1) is 16.6. The molecule has 0 amide bonds. The number of rotatable bonds is 6. The molecule has 128 valence electrons. The van der Waals surface area contributed by atoms with Crippen LogP contribution in [0.1, 0.15) is 34.4 Å². The topological polar surface area (TPSA) is 96.7 Å². The summed E-state index contributed by atoms with van der Waals surface area (Å²) in [7, 11) is 0. The Morgan fingerprint density at radius 2 is 2.20 bits per heavy atom. The van der Waals surface area contributed by atoms with Crippen molar-refractivity contribution in [2.75, 3.05) is 0 Å². The number of allylic oxidation sites excluding steroid dienone is 1. The van der Waals surface area contributed by atoms with E-state index in [4.69, 9.17) is 0 Å². The van der Waals surface area contributed by atoms with Gasteiger partial charge in [-0.1, -0.05) is 19.1 Å². The summed E-state index contributed by atoms with van der Waals surface area (Å²) in [6.45, 7) is 2.32. The average molecular weight is 341 g/mol. The lowest BCUT2D eigenvalue weighted by molar-refractivity contribution is 0.103. The Morgan fingerprint density at radius 3 is 2.88 bits per heavy atom. The second-order valence-corrected chi connectivity index (χ2v) is 5.47. The molecule has 0 radical (unpaired) electrons. The lowest BCUT2D eigenvalue weighted by Gasteiger charge is -2.07. The third kappa shape index (κ3) is 3.79. The van der Waals surface area contributed by atoms with Gasteiger partial charge in [-0.3, -0.25) is 4.79 Å². The van der Waals surface area contributed by atoms with Gasteiger partial charge < -0.3 is 9.67 Å². The largest absolute Gasteiger partial charge is 0.504 e. The second-order valence-electron chi connectivity index (χ2n) is 5.47. The van der Waals surface area contributed by atoms with Gasteiger partial charge in [0.2, 0.25) is 11.6 Å². The van der Waals surface area contributed by atoms with E-state index in [-0.39, 0.29) is 17.4 Å². The van der Waals surface area contributed by atoms with Crippen molar-refractivity contribution in [2.24, 2.45) is 0 Å². The van der Waals surface area contributed by atoms with Gasteiger partial charge in [-0.05, 0) is 41.0 Å². The van der Waals surface area contributed by atoms with Crippen molar-refractivity contribution >= 4 is 11.5 Å². The minimum atomic E-state index is -0.404. The molecule has 25 heavy (non-hydrogen) atoms. The van der Waals surface area contributed by atoms with Gasteiger partial charge in [-0.25, -0.2) is 4.39 Å². The Bertz CT molecular complexity index is 915. The molecule has 0 atom stereocenters. The number of halogens is 1. The summed E-state index contributed by atoms with van der Waals surface area (Å²) >= 11 is 0. The van der Waals surface area contributed by atoms with Gasteiger partial charge in [-0.2, -0.15) is 5.21 Å². The highest BCUT2D eigenvalue weighted by Crippen LogP contribution is 2.16. The van der Waals surface area contributed by atoms with Crippen molar-refractivity contribution in [1.82, 2.24) is 25.2 Å². The zero-order valence-electron chi connectivity index (χ0n) is 13.5. The van der Waals surface area contributed by atoms with E-state index in [9.17, 15) is 14.3 Å². The van der Waals surface area contributed by atoms with Crippen molar-refractivity contribution in [1.29, 1.82) is 0 Å². The molecule has 0 aliphatic rings. The minimum Gasteiger partial charge on any atom is -0.504 e. The maximum absolute atomic E-state index is 13.4. The molecule has 0 fully saturated rings. The molecule has 0 bridgehead atoms. The van der Waals surface area contributed by atoms with Gasteiger partial charge in [0, 0.05) is 18.8 Å². The van der Waals surface area contributed by atoms with Crippen molar-refractivity contribution in [3.05, 3.63) is 71.1 Å². The first-order valence-electron chi connectivity index (χ1n) is 7.69. The summed E-state index contributed by atoms with van der Waals surface area (Å²) in [5.74, 6) is -1.18. The van der Waals surface area contributed by atoms with E-state index in [0.29, 0.717) is 12.2 Å². The fourth-order valence-corrected chi connectivity index (χ4v) is 2.47. The van der Waals surface area contributed by atoms with E-state index in [1.807, 2.05) is 13.1 Å². The molecule has 2 heterocycles. The number of aliphatic hydroxyl groups excluding tert-OH is 1. The molecule has 2 aromatic heterocycles. The van der Waals surface area contributed by atoms with Gasteiger partial charge in [0.05, 0.1) is 5.69 Å². The van der Waals surface area contributed by atoms with Crippen LogP contribution in [0.3, 0.4) is 0 Å². The van der Waals surface area contributed by atoms with Crippen LogP contribution in [0, 0.1) is 5.82 Å². The van der Waals surface area contributed by atoms with E-state index >= 15 is 0 Å². The summed E-state index contributed by atoms with van der Waals surface area (Å²) in [5.41, 5.74) is 2.09. The molecule has 2 N–H and O–H groups in total. The number of aromatic amines is 1. The highest BCUT2D eigenvalue weighted by molar-refractivity contribution is 6.06. The smallest absolute Gasteiger partial charge is 0.239 e. The first-order valence-corrected chi connectivity index (χ1v) is 7.69. The Hall–Kier alpha value is -3.29. The van der Waals surface area contributed by atoms with Crippen LogP contribution < -0.4 is 0 Å². The van der Waals surface area contributed by atoms with Crippen LogP contribution in [0.5, 0.6) is 0 Å². The fraction of sp³-hybridized carbons (Fsp3) is 0.176. The molecule has 0 spiro atoms. The lowest BCUT2D eigenvalue weighted by atomic mass is 10.2. The third-order valence-corrected chi connectivity index (χ3v) is 3.70. The van der Waals surface area contributed by atoms with Crippen LogP contribution in [0.2, 0.25) is 0 Å². The number of nitrogens with one attached hydrogen (secondary N) is 1. The number of aryl methyl sites for hydroxylation is 1. The van der Waals surface area contributed by atoms with Crippen molar-refractivity contribution in [2.45, 2.75) is 19.9 Å². The van der Waals surface area contributed by atoms with E-state index in [1.165, 1.54) is 12.1 Å². The van der Waals surface area contributed by atoms with E-state index in [0.717, 1.165) is 23.6 Å². The van der Waals surface area contributed by atoms with Crippen LogP contribution in [0.15, 0.2) is 42.6 Å². The Balaban J connectivity index is 1.91. The van der Waals surface area contributed by atoms with Gasteiger partial charge in [-0.15, -0.1) is 10.2 Å². The zero-order chi connectivity index (χ0) is 17.8. The van der Waals surface area contributed by atoms with Gasteiger partial charge in [0.15, 0.2) is 5.76 Å². The molecule has 3 aromatic rings. The molecule has 7 nitrogen and oxygen atoms in total. The van der Waals surface area contributed by atoms with Crippen LogP contribution in [-0.4, -0.2) is 36.1 Å². The molecule has 0 saturated carbocycles. The third-order valence-electron chi connectivity index (χ3n) is 3.70. The minimum absolute atomic E-state index is 0.0627. The Labute approximate surface area is 142 Å². The number of hydrogen-bond donors (Lipinski definition) is 2. The number of aliphatic hydroxyl groups is 1. The maximum Gasteiger partial charge on any atom is 0.239 e. The number of aromatic nitrogens is 5. The number of nitrogens with zero attached hydrogens (tertiary/aromatic N) is 4. The SMILES string of the molecule is CCc1cc(C(=O)C=C(O)c2nn[nH]n2)n(Cc2cccc(F)c2)c1. The molecular formula is C17H16FN5O2. The van der Waals surface area contributed by atoms with Crippen LogP contribution >= 0.6 is 0 Å². The zero-order valence-corrected chi connectivity index (χ0v) is 13.5. The number of ketones is 1. The van der Waals surface area contributed by atoms with E-state index in [1.54, 1.807) is 22.8 Å². The van der Waals surface area contributed by atoms with E-state index in [2.05, 4.69) is 20.6 Å². The number of carbonyl (C=O) groups is 1. The molecule has 3 rings (SSSR count). The second kappa shape index (κ2) is 7.08. The summed E-state index contributed by atoms with van der Waals surface area (Å²) in [5, 5.41) is 22.7. The van der Waals surface area contributed by atoms with Crippen molar-refractivity contribution in [3.63, 3.8) is 0 Å². The summed E-state index contributed by atoms with van der Waals surface area (Å²) in [6, 6.07) is 7.95. The summed E-state index contributed by atoms with van der Waals surface area (Å²) < 4.78 is 15.1. The quantitative estimate of drug-likeness (QED) is 0.408. The molecule has 0 saturated heterocycles. The monoisotopic (exact) mass is 341 g/mol. The van der Waals surface area contributed by atoms with E-state index < -0.39 is 5.78 Å². The number of carbonyl (C=O) groups excluding carboxylic acids is 1. The van der Waals surface area contributed by atoms with Gasteiger partial charge in [0.25, 0.3) is 0 Å². The van der Waals surface area contributed by atoms with Crippen LogP contribution in [0.4, 0.5) is 4.39 Å². The normalized spacial score (nSPS) is 11.7. The highest BCUT2D eigenvalue weighted by Gasteiger charge is 2.15. The number of tetrazole rings is 1. The first-order chi connectivity index (χ1) is 12.1. The molecule has 0 unspecified atom stereocenters. The number of hydrogen-bond acceptors (Lipinski definition) is 5. The molecule has 0 aliphatic carbocycles. The highest BCUT2D eigenvalue weighted by atomic mass is 19.1. The molecule has 0 aliphatic heterocycles. The predicted molar refractivity (Wildman–Crippen MR) is 88.4 cm³/mol. The van der Waals surface area contributed by atoms with Crippen molar-refractivity contribution < 1.29 is 14.3 Å². The fourth-order valence-electron chi connectivity index (χ4n) is 2.47. The van der Waals surface area contributed by atoms with Crippen LogP contribution in [0.25, 0.3) is 5.76 Å². The molecular weight excluding hydrogens is 325 g/mol. The van der Waals surface area contributed by atoms with Gasteiger partial charge >= 0.3 is 0 Å². The van der Waals surface area contributed by atoms with Gasteiger partial charge in [0.1, 0.15) is 5.82 Å². The number of benzene rings is 1. The maximum atomic E-state index is 13.4. The average Bonchev–Trinajstić information content (AvgIpc) is 3.24.